The van der Waals surface area contributed by atoms with E-state index in [1.54, 1.807) is 0 Å². The Hall–Kier alpha value is -5.20. The van der Waals surface area contributed by atoms with Gasteiger partial charge in [0.1, 0.15) is 46.7 Å². The third kappa shape index (κ3) is 4.24. The van der Waals surface area contributed by atoms with E-state index in [1.165, 1.54) is 42.5 Å². The molecule has 2 aliphatic heterocycles. The summed E-state index contributed by atoms with van der Waals surface area (Å²) in [7, 11) is 0. The summed E-state index contributed by atoms with van der Waals surface area (Å²) < 4.78 is 12.1. The van der Waals surface area contributed by atoms with Gasteiger partial charge in [0.25, 0.3) is 0 Å². The molecule has 12 heteroatoms. The highest BCUT2D eigenvalue weighted by Crippen LogP contribution is 2.57. The Morgan fingerprint density at radius 3 is 1.76 bits per heavy atom. The third-order valence-corrected chi connectivity index (χ3v) is 7.67. The summed E-state index contributed by atoms with van der Waals surface area (Å²) in [6.07, 6.45) is -5.43. The van der Waals surface area contributed by atoms with Crippen LogP contribution < -0.4 is 9.47 Å². The van der Waals surface area contributed by atoms with E-state index < -0.39 is 70.6 Å². The molecule has 2 aliphatic rings. The van der Waals surface area contributed by atoms with Gasteiger partial charge in [0.15, 0.2) is 29.1 Å². The molecule has 10 N–H and O–H groups in total. The van der Waals surface area contributed by atoms with E-state index >= 15 is 0 Å². The molecule has 0 radical (unpaired) electrons. The van der Waals surface area contributed by atoms with Gasteiger partial charge in [-0.3, -0.25) is 0 Å². The van der Waals surface area contributed by atoms with Crippen LogP contribution in [0.25, 0.3) is 0 Å². The molecule has 6 rings (SSSR count). The second-order valence-corrected chi connectivity index (χ2v) is 10.3. The number of aliphatic hydroxyl groups is 2. The number of phenolic OH excluding ortho intramolecular Hbond substituents is 8. The molecule has 0 spiro atoms. The molecule has 0 bridgehead atoms. The van der Waals surface area contributed by atoms with Crippen LogP contribution in [-0.4, -0.2) is 63.3 Å². The van der Waals surface area contributed by atoms with Gasteiger partial charge in [-0.1, -0.05) is 12.1 Å². The Bertz CT molecular complexity index is 1720. The van der Waals surface area contributed by atoms with E-state index in [-0.39, 0.29) is 51.5 Å². The normalized spacial score (nSPS) is 22.9. The Morgan fingerprint density at radius 2 is 1.14 bits per heavy atom. The van der Waals surface area contributed by atoms with E-state index in [4.69, 9.17) is 9.47 Å². The van der Waals surface area contributed by atoms with Gasteiger partial charge in [-0.15, -0.1) is 0 Å². The van der Waals surface area contributed by atoms with Crippen LogP contribution in [0.15, 0.2) is 54.6 Å². The SMILES string of the molecule is Oc1cc(O)c2c(c1)O[C@H](c1ccc(O)c(O)c1)[C@H](O)[C@@H]2c1c(O)cc(O)c2c1O[C@H](c1ccc(O)c(O)c1)[C@H](O)C2. The van der Waals surface area contributed by atoms with Gasteiger partial charge < -0.3 is 60.5 Å². The minimum absolute atomic E-state index is 0.0312. The lowest BCUT2D eigenvalue weighted by molar-refractivity contribution is 0.00115. The van der Waals surface area contributed by atoms with Crippen molar-refractivity contribution in [3.8, 4) is 57.5 Å². The van der Waals surface area contributed by atoms with Crippen LogP contribution in [0.4, 0.5) is 0 Å². The molecule has 4 aromatic rings. The number of hydrogen-bond donors (Lipinski definition) is 10. The fourth-order valence-electron chi connectivity index (χ4n) is 5.71. The minimum Gasteiger partial charge on any atom is -0.508 e. The third-order valence-electron chi connectivity index (χ3n) is 7.67. The first-order valence-electron chi connectivity index (χ1n) is 12.8. The van der Waals surface area contributed by atoms with Gasteiger partial charge in [-0.25, -0.2) is 0 Å². The summed E-state index contributed by atoms with van der Waals surface area (Å²) >= 11 is 0. The molecular weight excluding hydrogens is 552 g/mol. The lowest BCUT2D eigenvalue weighted by Gasteiger charge is -2.40. The number of aromatic hydroxyl groups is 8. The van der Waals surface area contributed by atoms with Crippen LogP contribution in [0.3, 0.4) is 0 Å². The zero-order chi connectivity index (χ0) is 30.0. The van der Waals surface area contributed by atoms with Crippen LogP contribution in [0.1, 0.15) is 45.9 Å². The quantitative estimate of drug-likeness (QED) is 0.159. The van der Waals surface area contributed by atoms with Crippen molar-refractivity contribution < 1.29 is 60.5 Å². The fourth-order valence-corrected chi connectivity index (χ4v) is 5.71. The lowest BCUT2D eigenvalue weighted by Crippen LogP contribution is -2.36. The number of fused-ring (bicyclic) bond motifs is 2. The van der Waals surface area contributed by atoms with Crippen molar-refractivity contribution in [1.29, 1.82) is 0 Å². The minimum atomic E-state index is -1.59. The van der Waals surface area contributed by atoms with Crippen molar-refractivity contribution in [2.24, 2.45) is 0 Å². The van der Waals surface area contributed by atoms with Gasteiger partial charge in [-0.2, -0.15) is 0 Å². The molecule has 0 saturated carbocycles. The summed E-state index contributed by atoms with van der Waals surface area (Å²) in [6.45, 7) is 0. The number of benzene rings is 4. The number of hydrogen-bond acceptors (Lipinski definition) is 12. The first kappa shape index (κ1) is 27.0. The maximum Gasteiger partial charge on any atom is 0.157 e. The highest BCUT2D eigenvalue weighted by Gasteiger charge is 2.46. The van der Waals surface area contributed by atoms with E-state index in [9.17, 15) is 51.1 Å². The van der Waals surface area contributed by atoms with E-state index in [0.29, 0.717) is 0 Å². The summed E-state index contributed by atoms with van der Waals surface area (Å²) in [5, 5.41) is 105. The van der Waals surface area contributed by atoms with Crippen LogP contribution >= 0.6 is 0 Å². The summed E-state index contributed by atoms with van der Waals surface area (Å²) in [6, 6.07) is 10.8. The Labute approximate surface area is 237 Å². The monoisotopic (exact) mass is 578 g/mol. The largest absolute Gasteiger partial charge is 0.508 e. The average molecular weight is 579 g/mol. The second-order valence-electron chi connectivity index (χ2n) is 10.3. The van der Waals surface area contributed by atoms with Gasteiger partial charge in [-0.05, 0) is 35.4 Å². The molecule has 0 aromatic heterocycles. The Balaban J connectivity index is 1.55. The molecule has 0 amide bonds. The van der Waals surface area contributed by atoms with Crippen LogP contribution in [0.2, 0.25) is 0 Å². The molecule has 4 aromatic carbocycles. The van der Waals surface area contributed by atoms with Gasteiger partial charge in [0.2, 0.25) is 0 Å². The average Bonchev–Trinajstić information content (AvgIpc) is 2.93. The lowest BCUT2D eigenvalue weighted by atomic mass is 9.77. The first-order valence-corrected chi connectivity index (χ1v) is 12.8. The van der Waals surface area contributed by atoms with Crippen molar-refractivity contribution in [2.75, 3.05) is 0 Å². The standard InChI is InChI=1S/C30H26O12/c31-13-7-20(37)24-23(8-13)41-29(12-2-4-16(33)19(36)6-12)27(40)26(24)25-21(38)10-17(34)14-9-22(39)28(42-30(14)25)11-1-3-15(32)18(35)5-11/h1-8,10,22,26-29,31-40H,9H2/t22-,26+,27-,28-,29-/m1/s1. The molecule has 42 heavy (non-hydrogen) atoms. The second kappa shape index (κ2) is 9.72. The van der Waals surface area contributed by atoms with E-state index in [0.717, 1.165) is 12.1 Å². The van der Waals surface area contributed by atoms with Crippen molar-refractivity contribution >= 4 is 0 Å². The molecule has 0 aliphatic carbocycles. The van der Waals surface area contributed by atoms with Crippen molar-refractivity contribution in [3.05, 3.63) is 82.4 Å². The van der Waals surface area contributed by atoms with Crippen LogP contribution in [-0.2, 0) is 6.42 Å². The van der Waals surface area contributed by atoms with Crippen LogP contribution in [0.5, 0.6) is 57.5 Å². The predicted molar refractivity (Wildman–Crippen MR) is 143 cm³/mol. The smallest absolute Gasteiger partial charge is 0.157 e. The number of aliphatic hydroxyl groups excluding tert-OH is 2. The predicted octanol–water partition coefficient (Wildman–Crippen LogP) is 3.00. The zero-order valence-electron chi connectivity index (χ0n) is 21.6. The highest BCUT2D eigenvalue weighted by molar-refractivity contribution is 5.65. The summed E-state index contributed by atoms with van der Waals surface area (Å²) in [4.78, 5) is 0. The van der Waals surface area contributed by atoms with E-state index in [2.05, 4.69) is 0 Å². The fraction of sp³-hybridized carbons (Fsp3) is 0.200. The molecule has 2 heterocycles. The topological polar surface area (TPSA) is 221 Å². The maximum absolute atomic E-state index is 11.8. The van der Waals surface area contributed by atoms with Gasteiger partial charge in [0, 0.05) is 41.3 Å². The molecule has 0 unspecified atom stereocenters. The molecule has 5 atom stereocenters. The zero-order valence-corrected chi connectivity index (χ0v) is 21.6. The Kier molecular flexibility index (Phi) is 6.24. The number of rotatable bonds is 3. The summed E-state index contributed by atoms with van der Waals surface area (Å²) in [5.41, 5.74) is 0.435. The molecular formula is C30H26O12. The van der Waals surface area contributed by atoms with Gasteiger partial charge in [0.05, 0.1) is 12.0 Å². The molecule has 218 valence electrons. The summed E-state index contributed by atoms with van der Waals surface area (Å²) in [5.74, 6) is -5.08. The number of phenols is 8. The molecule has 0 saturated heterocycles. The maximum atomic E-state index is 11.8. The Morgan fingerprint density at radius 1 is 0.548 bits per heavy atom. The number of ether oxygens (including phenoxy) is 2. The van der Waals surface area contributed by atoms with E-state index in [1.807, 2.05) is 0 Å². The van der Waals surface area contributed by atoms with Gasteiger partial charge >= 0.3 is 0 Å². The molecule has 0 fully saturated rings. The van der Waals surface area contributed by atoms with Crippen molar-refractivity contribution in [2.45, 2.75) is 36.8 Å². The van der Waals surface area contributed by atoms with Crippen molar-refractivity contribution in [3.63, 3.8) is 0 Å². The first-order chi connectivity index (χ1) is 19.9. The molecule has 12 nitrogen and oxygen atoms in total. The van der Waals surface area contributed by atoms with Crippen LogP contribution in [0, 0.1) is 0 Å². The van der Waals surface area contributed by atoms with Crippen molar-refractivity contribution in [1.82, 2.24) is 0 Å². The highest BCUT2D eigenvalue weighted by atomic mass is 16.5.